The molecule has 0 atom stereocenters. The Morgan fingerprint density at radius 1 is 1.05 bits per heavy atom. The van der Waals surface area contributed by atoms with Crippen molar-refractivity contribution in [2.75, 3.05) is 0 Å². The number of hydrogen-bond acceptors (Lipinski definition) is 2. The molecule has 0 aliphatic carbocycles. The quantitative estimate of drug-likeness (QED) is 0.559. The second kappa shape index (κ2) is 10.8. The Labute approximate surface area is 131 Å². The molecule has 21 heavy (non-hydrogen) atoms. The molecule has 0 aliphatic rings. The van der Waals surface area contributed by atoms with Gasteiger partial charge < -0.3 is 9.88 Å². The van der Waals surface area contributed by atoms with Crippen molar-refractivity contribution in [1.29, 1.82) is 0 Å². The van der Waals surface area contributed by atoms with E-state index in [1.54, 1.807) is 0 Å². The number of aryl methyl sites for hydroxylation is 1. The maximum absolute atomic E-state index is 4.47. The van der Waals surface area contributed by atoms with Crippen LogP contribution in [0.25, 0.3) is 0 Å². The summed E-state index contributed by atoms with van der Waals surface area (Å²) in [6.07, 6.45) is 13.0. The summed E-state index contributed by atoms with van der Waals surface area (Å²) in [5.41, 5.74) is 1.32. The van der Waals surface area contributed by atoms with Crippen LogP contribution in [-0.4, -0.2) is 15.6 Å². The molecule has 1 rings (SSSR count). The molecule has 1 N–H and O–H groups in total. The molecule has 3 heteroatoms. The number of aromatic nitrogens is 2. The molecule has 122 valence electrons. The molecule has 0 spiro atoms. The fourth-order valence-corrected chi connectivity index (χ4v) is 2.67. The van der Waals surface area contributed by atoms with Crippen LogP contribution < -0.4 is 5.32 Å². The summed E-state index contributed by atoms with van der Waals surface area (Å²) in [5, 5.41) is 3.48. The lowest BCUT2D eigenvalue weighted by atomic mass is 10.1. The molecule has 3 nitrogen and oxygen atoms in total. The standard InChI is InChI=1S/C18H35N3/c1-5-6-7-8-9-10-11-12-13-21-17(4)20-15-18(21)14-19-16(2)3/h15-16,19H,5-14H2,1-4H3. The second-order valence-corrected chi connectivity index (χ2v) is 6.46. The summed E-state index contributed by atoms with van der Waals surface area (Å²) in [7, 11) is 0. The average Bonchev–Trinajstić information content (AvgIpc) is 2.80. The van der Waals surface area contributed by atoms with E-state index < -0.39 is 0 Å². The Morgan fingerprint density at radius 2 is 1.67 bits per heavy atom. The Hall–Kier alpha value is -0.830. The zero-order chi connectivity index (χ0) is 15.5. The maximum Gasteiger partial charge on any atom is 0.105 e. The van der Waals surface area contributed by atoms with Gasteiger partial charge in [-0.05, 0) is 13.3 Å². The van der Waals surface area contributed by atoms with Crippen molar-refractivity contribution in [3.8, 4) is 0 Å². The predicted molar refractivity (Wildman–Crippen MR) is 91.5 cm³/mol. The number of imidazole rings is 1. The molecular formula is C18H35N3. The van der Waals surface area contributed by atoms with E-state index in [2.05, 4.69) is 42.6 Å². The highest BCUT2D eigenvalue weighted by molar-refractivity contribution is 5.04. The van der Waals surface area contributed by atoms with Gasteiger partial charge in [0, 0.05) is 25.3 Å². The molecule has 1 aromatic heterocycles. The van der Waals surface area contributed by atoms with E-state index in [1.807, 2.05) is 6.20 Å². The first-order chi connectivity index (χ1) is 10.1. The van der Waals surface area contributed by atoms with Gasteiger partial charge in [-0.15, -0.1) is 0 Å². The Bertz CT molecular complexity index is 369. The van der Waals surface area contributed by atoms with Crippen LogP contribution in [-0.2, 0) is 13.1 Å². The van der Waals surface area contributed by atoms with Crippen LogP contribution in [0.5, 0.6) is 0 Å². The molecule has 0 saturated heterocycles. The Balaban J connectivity index is 2.20. The molecule has 0 aliphatic heterocycles. The van der Waals surface area contributed by atoms with E-state index in [1.165, 1.54) is 57.1 Å². The normalized spacial score (nSPS) is 11.5. The van der Waals surface area contributed by atoms with Crippen molar-refractivity contribution in [3.05, 3.63) is 17.7 Å². The first-order valence-corrected chi connectivity index (χ1v) is 8.89. The highest BCUT2D eigenvalue weighted by Crippen LogP contribution is 2.11. The van der Waals surface area contributed by atoms with Crippen molar-refractivity contribution in [1.82, 2.24) is 14.9 Å². The lowest BCUT2D eigenvalue weighted by molar-refractivity contribution is 0.513. The number of unbranched alkanes of at least 4 members (excludes halogenated alkanes) is 7. The second-order valence-electron chi connectivity index (χ2n) is 6.46. The number of rotatable bonds is 12. The molecule has 0 amide bonds. The molecule has 0 radical (unpaired) electrons. The van der Waals surface area contributed by atoms with Gasteiger partial charge in [0.1, 0.15) is 5.82 Å². The zero-order valence-electron chi connectivity index (χ0n) is 14.6. The molecule has 0 saturated carbocycles. The molecular weight excluding hydrogens is 258 g/mol. The number of nitrogens with one attached hydrogen (secondary N) is 1. The fraction of sp³-hybridized carbons (Fsp3) is 0.833. The molecule has 0 unspecified atom stereocenters. The van der Waals surface area contributed by atoms with Crippen molar-refractivity contribution >= 4 is 0 Å². The Morgan fingerprint density at radius 3 is 2.29 bits per heavy atom. The SMILES string of the molecule is CCCCCCCCCCn1c(CNC(C)C)cnc1C. The largest absolute Gasteiger partial charge is 0.331 e. The first-order valence-electron chi connectivity index (χ1n) is 8.89. The van der Waals surface area contributed by atoms with Crippen LogP contribution in [0.1, 0.15) is 83.7 Å². The van der Waals surface area contributed by atoms with Gasteiger partial charge in [-0.25, -0.2) is 4.98 Å². The summed E-state index contributed by atoms with van der Waals surface area (Å²) in [6, 6.07) is 0.525. The van der Waals surface area contributed by atoms with E-state index in [4.69, 9.17) is 0 Å². The minimum atomic E-state index is 0.525. The molecule has 1 heterocycles. The smallest absolute Gasteiger partial charge is 0.105 e. The van der Waals surface area contributed by atoms with Crippen LogP contribution >= 0.6 is 0 Å². The minimum Gasteiger partial charge on any atom is -0.331 e. The van der Waals surface area contributed by atoms with Crippen LogP contribution in [0.3, 0.4) is 0 Å². The number of nitrogens with zero attached hydrogens (tertiary/aromatic N) is 2. The van der Waals surface area contributed by atoms with Gasteiger partial charge in [0.15, 0.2) is 0 Å². The topological polar surface area (TPSA) is 29.9 Å². The Kier molecular flexibility index (Phi) is 9.40. The van der Waals surface area contributed by atoms with E-state index in [9.17, 15) is 0 Å². The fourth-order valence-electron chi connectivity index (χ4n) is 2.67. The van der Waals surface area contributed by atoms with Crippen molar-refractivity contribution in [3.63, 3.8) is 0 Å². The van der Waals surface area contributed by atoms with Gasteiger partial charge in [0.05, 0.1) is 5.69 Å². The van der Waals surface area contributed by atoms with Crippen molar-refractivity contribution in [2.24, 2.45) is 0 Å². The van der Waals surface area contributed by atoms with Crippen LogP contribution in [0.2, 0.25) is 0 Å². The highest BCUT2D eigenvalue weighted by Gasteiger charge is 2.06. The zero-order valence-corrected chi connectivity index (χ0v) is 14.6. The van der Waals surface area contributed by atoms with E-state index in [-0.39, 0.29) is 0 Å². The monoisotopic (exact) mass is 293 g/mol. The third-order valence-electron chi connectivity index (χ3n) is 4.06. The summed E-state index contributed by atoms with van der Waals surface area (Å²) in [4.78, 5) is 4.47. The highest BCUT2D eigenvalue weighted by atomic mass is 15.1. The third-order valence-corrected chi connectivity index (χ3v) is 4.06. The maximum atomic E-state index is 4.47. The van der Waals surface area contributed by atoms with Gasteiger partial charge in [-0.3, -0.25) is 0 Å². The van der Waals surface area contributed by atoms with E-state index in [0.717, 1.165) is 18.9 Å². The van der Waals surface area contributed by atoms with E-state index >= 15 is 0 Å². The molecule has 0 aromatic carbocycles. The van der Waals surface area contributed by atoms with Gasteiger partial charge in [0.2, 0.25) is 0 Å². The van der Waals surface area contributed by atoms with Crippen LogP contribution in [0, 0.1) is 6.92 Å². The lowest BCUT2D eigenvalue weighted by Gasteiger charge is -2.12. The summed E-state index contributed by atoms with van der Waals surface area (Å²) in [5.74, 6) is 1.15. The van der Waals surface area contributed by atoms with E-state index in [0.29, 0.717) is 6.04 Å². The van der Waals surface area contributed by atoms with Gasteiger partial charge in [0.25, 0.3) is 0 Å². The molecule has 0 fully saturated rings. The average molecular weight is 293 g/mol. The summed E-state index contributed by atoms with van der Waals surface area (Å²) in [6.45, 7) is 10.8. The minimum absolute atomic E-state index is 0.525. The first kappa shape index (κ1) is 18.2. The summed E-state index contributed by atoms with van der Waals surface area (Å²) < 4.78 is 2.38. The van der Waals surface area contributed by atoms with Crippen LogP contribution in [0.4, 0.5) is 0 Å². The summed E-state index contributed by atoms with van der Waals surface area (Å²) >= 11 is 0. The molecule has 1 aromatic rings. The van der Waals surface area contributed by atoms with Crippen LogP contribution in [0.15, 0.2) is 6.20 Å². The lowest BCUT2D eigenvalue weighted by Crippen LogP contribution is -2.23. The van der Waals surface area contributed by atoms with Gasteiger partial charge >= 0.3 is 0 Å². The third kappa shape index (κ3) is 7.66. The van der Waals surface area contributed by atoms with Crippen molar-refractivity contribution < 1.29 is 0 Å². The number of hydrogen-bond donors (Lipinski definition) is 1. The predicted octanol–water partition coefficient (Wildman–Crippen LogP) is 4.83. The molecule has 0 bridgehead atoms. The van der Waals surface area contributed by atoms with Gasteiger partial charge in [-0.1, -0.05) is 65.7 Å². The van der Waals surface area contributed by atoms with Gasteiger partial charge in [-0.2, -0.15) is 0 Å². The van der Waals surface area contributed by atoms with Crippen molar-refractivity contribution in [2.45, 2.75) is 98.2 Å².